The van der Waals surface area contributed by atoms with Crippen LogP contribution in [0.1, 0.15) is 17.2 Å². The molecule has 0 aliphatic carbocycles. The van der Waals surface area contributed by atoms with Gasteiger partial charge in [0.1, 0.15) is 17.2 Å². The molecule has 8 heteroatoms. The Morgan fingerprint density at radius 1 is 1.26 bits per heavy atom. The maximum atomic E-state index is 11.4. The van der Waals surface area contributed by atoms with Crippen LogP contribution in [0.25, 0.3) is 0 Å². The summed E-state index contributed by atoms with van der Waals surface area (Å²) in [7, 11) is 1.63. The summed E-state index contributed by atoms with van der Waals surface area (Å²) in [6.45, 7) is 0.882. The van der Waals surface area contributed by atoms with Crippen molar-refractivity contribution in [3.63, 3.8) is 0 Å². The molecule has 0 saturated carbocycles. The SMILES string of the molecule is COc1ccc(CCNCC(O)c2ccc(O)c3c2OCC(=O)N3)cc1.Cl. The van der Waals surface area contributed by atoms with Crippen LogP contribution in [0.5, 0.6) is 17.2 Å². The van der Waals surface area contributed by atoms with Crippen LogP contribution in [0.15, 0.2) is 36.4 Å². The van der Waals surface area contributed by atoms with Crippen LogP contribution in [0.3, 0.4) is 0 Å². The molecule has 1 aliphatic heterocycles. The number of ether oxygens (including phenoxy) is 2. The van der Waals surface area contributed by atoms with Crippen molar-refractivity contribution in [1.82, 2.24) is 5.32 Å². The average molecular weight is 395 g/mol. The van der Waals surface area contributed by atoms with E-state index in [9.17, 15) is 15.0 Å². The number of aromatic hydroxyl groups is 1. The van der Waals surface area contributed by atoms with Crippen molar-refractivity contribution in [2.75, 3.05) is 32.1 Å². The summed E-state index contributed by atoms with van der Waals surface area (Å²) in [5.41, 5.74) is 1.90. The number of carbonyl (C=O) groups is 1. The van der Waals surface area contributed by atoms with E-state index in [0.717, 1.165) is 12.2 Å². The molecule has 0 saturated heterocycles. The minimum atomic E-state index is -0.824. The van der Waals surface area contributed by atoms with Crippen molar-refractivity contribution in [3.05, 3.63) is 47.5 Å². The lowest BCUT2D eigenvalue weighted by Crippen LogP contribution is -2.28. The number of methoxy groups -OCH3 is 1. The van der Waals surface area contributed by atoms with Gasteiger partial charge in [-0.15, -0.1) is 12.4 Å². The summed E-state index contributed by atoms with van der Waals surface area (Å²) in [4.78, 5) is 11.4. The molecule has 3 rings (SSSR count). The molecule has 7 nitrogen and oxygen atoms in total. The van der Waals surface area contributed by atoms with E-state index in [2.05, 4.69) is 10.6 Å². The number of halogens is 1. The van der Waals surface area contributed by atoms with E-state index >= 15 is 0 Å². The number of hydrogen-bond donors (Lipinski definition) is 4. The number of aliphatic hydroxyl groups excluding tert-OH is 1. The molecule has 1 heterocycles. The summed E-state index contributed by atoms with van der Waals surface area (Å²) < 4.78 is 10.5. The van der Waals surface area contributed by atoms with Gasteiger partial charge in [-0.3, -0.25) is 4.79 Å². The third-order valence-corrected chi connectivity index (χ3v) is 4.22. The van der Waals surface area contributed by atoms with Gasteiger partial charge in [-0.25, -0.2) is 0 Å². The molecule has 1 amide bonds. The highest BCUT2D eigenvalue weighted by atomic mass is 35.5. The van der Waals surface area contributed by atoms with Gasteiger partial charge in [0.15, 0.2) is 12.4 Å². The lowest BCUT2D eigenvalue weighted by Gasteiger charge is -2.23. The second-order valence-corrected chi connectivity index (χ2v) is 6.03. The van der Waals surface area contributed by atoms with Crippen LogP contribution >= 0.6 is 12.4 Å². The van der Waals surface area contributed by atoms with Crippen molar-refractivity contribution in [2.45, 2.75) is 12.5 Å². The Kier molecular flexibility index (Phi) is 7.29. The summed E-state index contributed by atoms with van der Waals surface area (Å²) in [6.07, 6.45) is -0.00745. The molecule has 0 radical (unpaired) electrons. The van der Waals surface area contributed by atoms with Gasteiger partial charge >= 0.3 is 0 Å². The number of hydrogen-bond acceptors (Lipinski definition) is 6. The third-order valence-electron chi connectivity index (χ3n) is 4.22. The Balaban J connectivity index is 0.00000261. The molecular formula is C19H23ClN2O5. The molecule has 1 unspecified atom stereocenters. The fourth-order valence-electron chi connectivity index (χ4n) is 2.81. The highest BCUT2D eigenvalue weighted by Crippen LogP contribution is 2.41. The maximum absolute atomic E-state index is 11.4. The number of fused-ring (bicyclic) bond motifs is 1. The van der Waals surface area contributed by atoms with Crippen LogP contribution in [0.4, 0.5) is 5.69 Å². The third kappa shape index (κ3) is 5.03. The Hall–Kier alpha value is -2.48. The number of anilines is 1. The average Bonchev–Trinajstić information content (AvgIpc) is 2.66. The molecule has 2 aromatic rings. The van der Waals surface area contributed by atoms with Crippen LogP contribution < -0.4 is 20.1 Å². The molecule has 146 valence electrons. The lowest BCUT2D eigenvalue weighted by molar-refractivity contribution is -0.118. The topological polar surface area (TPSA) is 100 Å². The second-order valence-electron chi connectivity index (χ2n) is 6.03. The van der Waals surface area contributed by atoms with E-state index in [1.54, 1.807) is 13.2 Å². The number of phenolic OH excluding ortho intramolecular Hbond substituents is 1. The zero-order valence-corrected chi connectivity index (χ0v) is 15.7. The molecule has 1 aliphatic rings. The fraction of sp³-hybridized carbons (Fsp3) is 0.316. The normalized spacial score (nSPS) is 13.6. The van der Waals surface area contributed by atoms with E-state index in [4.69, 9.17) is 9.47 Å². The van der Waals surface area contributed by atoms with Gasteiger partial charge in [-0.1, -0.05) is 12.1 Å². The fourth-order valence-corrected chi connectivity index (χ4v) is 2.81. The van der Waals surface area contributed by atoms with Crippen molar-refractivity contribution < 1.29 is 24.5 Å². The maximum Gasteiger partial charge on any atom is 0.262 e. The molecule has 0 fully saturated rings. The van der Waals surface area contributed by atoms with Gasteiger partial charge in [-0.05, 0) is 42.8 Å². The number of carbonyl (C=O) groups excluding carboxylic acids is 1. The molecule has 0 spiro atoms. The second kappa shape index (κ2) is 9.45. The number of benzene rings is 2. The predicted molar refractivity (Wildman–Crippen MR) is 104 cm³/mol. The van der Waals surface area contributed by atoms with Gasteiger partial charge in [-0.2, -0.15) is 0 Å². The highest BCUT2D eigenvalue weighted by molar-refractivity contribution is 5.97. The molecule has 2 aromatic carbocycles. The first-order valence-electron chi connectivity index (χ1n) is 8.38. The van der Waals surface area contributed by atoms with Crippen molar-refractivity contribution in [2.24, 2.45) is 0 Å². The van der Waals surface area contributed by atoms with Gasteiger partial charge < -0.3 is 30.3 Å². The van der Waals surface area contributed by atoms with Gasteiger partial charge in [0.05, 0.1) is 13.2 Å². The Morgan fingerprint density at radius 2 is 2.00 bits per heavy atom. The molecule has 1 atom stereocenters. The first-order valence-corrected chi connectivity index (χ1v) is 8.38. The zero-order valence-electron chi connectivity index (χ0n) is 14.9. The summed E-state index contributed by atoms with van der Waals surface area (Å²) in [6, 6.07) is 10.9. The van der Waals surface area contributed by atoms with Gasteiger partial charge in [0.25, 0.3) is 5.91 Å². The van der Waals surface area contributed by atoms with Gasteiger partial charge in [0.2, 0.25) is 0 Å². The Morgan fingerprint density at radius 3 is 2.70 bits per heavy atom. The minimum absolute atomic E-state index is 0. The van der Waals surface area contributed by atoms with Crippen molar-refractivity contribution in [1.29, 1.82) is 0 Å². The van der Waals surface area contributed by atoms with Crippen molar-refractivity contribution >= 4 is 24.0 Å². The first-order chi connectivity index (χ1) is 12.6. The molecule has 27 heavy (non-hydrogen) atoms. The Bertz CT molecular complexity index is 782. The van der Waals surface area contributed by atoms with Crippen LogP contribution in [-0.2, 0) is 11.2 Å². The predicted octanol–water partition coefficient (Wildman–Crippen LogP) is 2.02. The van der Waals surface area contributed by atoms with Crippen LogP contribution in [-0.4, -0.2) is 42.9 Å². The van der Waals surface area contributed by atoms with E-state index in [-0.39, 0.29) is 36.4 Å². The largest absolute Gasteiger partial charge is 0.506 e. The number of phenols is 1. The summed E-state index contributed by atoms with van der Waals surface area (Å²) in [5.74, 6) is 0.712. The number of rotatable bonds is 7. The molecule has 4 N–H and O–H groups in total. The molecular weight excluding hydrogens is 372 g/mol. The highest BCUT2D eigenvalue weighted by Gasteiger charge is 2.25. The minimum Gasteiger partial charge on any atom is -0.506 e. The van der Waals surface area contributed by atoms with Crippen LogP contribution in [0, 0.1) is 0 Å². The molecule has 0 aromatic heterocycles. The first kappa shape index (κ1) is 20.8. The van der Waals surface area contributed by atoms with E-state index < -0.39 is 6.10 Å². The summed E-state index contributed by atoms with van der Waals surface area (Å²) >= 11 is 0. The van der Waals surface area contributed by atoms with Gasteiger partial charge in [0, 0.05) is 12.1 Å². The number of aliphatic hydroxyl groups is 1. The molecule has 0 bridgehead atoms. The van der Waals surface area contributed by atoms with E-state index in [0.29, 0.717) is 24.4 Å². The van der Waals surface area contributed by atoms with Crippen LogP contribution in [0.2, 0.25) is 0 Å². The summed E-state index contributed by atoms with van der Waals surface area (Å²) in [5, 5.41) is 26.1. The Labute approximate surface area is 163 Å². The monoisotopic (exact) mass is 394 g/mol. The van der Waals surface area contributed by atoms with E-state index in [1.165, 1.54) is 11.6 Å². The zero-order chi connectivity index (χ0) is 18.5. The quantitative estimate of drug-likeness (QED) is 0.423. The van der Waals surface area contributed by atoms with Crippen molar-refractivity contribution in [3.8, 4) is 17.2 Å². The smallest absolute Gasteiger partial charge is 0.262 e. The number of nitrogens with one attached hydrogen (secondary N) is 2. The number of amides is 1. The standard InChI is InChI=1S/C19H22N2O5.ClH/c1-25-13-4-2-12(3-5-13)8-9-20-10-16(23)14-6-7-15(22)18-19(14)26-11-17(24)21-18;/h2-7,16,20,22-23H,8-11H2,1H3,(H,21,24);1H. The lowest BCUT2D eigenvalue weighted by atomic mass is 10.0. The van der Waals surface area contributed by atoms with E-state index in [1.807, 2.05) is 24.3 Å².